The van der Waals surface area contributed by atoms with Crippen LogP contribution in [0.4, 0.5) is 0 Å². The van der Waals surface area contributed by atoms with Gasteiger partial charge in [-0.2, -0.15) is 10.4 Å². The monoisotopic (exact) mass is 377 g/mol. The molecule has 0 atom stereocenters. The molecular weight excluding hydrogens is 358 g/mol. The van der Waals surface area contributed by atoms with E-state index in [9.17, 15) is 9.59 Å². The summed E-state index contributed by atoms with van der Waals surface area (Å²) < 4.78 is 6.83. The molecule has 0 saturated carbocycles. The summed E-state index contributed by atoms with van der Waals surface area (Å²) in [6.45, 7) is 6.68. The van der Waals surface area contributed by atoms with Gasteiger partial charge in [0.05, 0.1) is 5.52 Å². The van der Waals surface area contributed by atoms with E-state index in [1.54, 1.807) is 39.2 Å². The molecule has 142 valence electrons. The second-order valence-corrected chi connectivity index (χ2v) is 7.29. The van der Waals surface area contributed by atoms with Gasteiger partial charge in [0.2, 0.25) is 5.82 Å². The molecule has 28 heavy (non-hydrogen) atoms. The molecular formula is C20H19N5O3. The molecule has 0 N–H and O–H groups in total. The zero-order valence-electron chi connectivity index (χ0n) is 16.1. The lowest BCUT2D eigenvalue weighted by Crippen LogP contribution is -2.26. The Morgan fingerprint density at radius 3 is 2.43 bits per heavy atom. The van der Waals surface area contributed by atoms with Gasteiger partial charge in [-0.25, -0.2) is 9.97 Å². The lowest BCUT2D eigenvalue weighted by atomic mass is 10.1. The molecule has 3 aromatic rings. The maximum absolute atomic E-state index is 12.3. The van der Waals surface area contributed by atoms with Crippen molar-refractivity contribution in [2.45, 2.75) is 39.8 Å². The Morgan fingerprint density at radius 1 is 1.18 bits per heavy atom. The van der Waals surface area contributed by atoms with Gasteiger partial charge in [0.15, 0.2) is 5.78 Å². The number of esters is 1. The van der Waals surface area contributed by atoms with Crippen LogP contribution >= 0.6 is 0 Å². The molecule has 0 unspecified atom stereocenters. The van der Waals surface area contributed by atoms with E-state index in [4.69, 9.17) is 10.00 Å². The van der Waals surface area contributed by atoms with Crippen LogP contribution < -0.4 is 0 Å². The Morgan fingerprint density at radius 2 is 1.86 bits per heavy atom. The number of fused-ring (bicyclic) bond motifs is 1. The van der Waals surface area contributed by atoms with E-state index >= 15 is 0 Å². The first-order chi connectivity index (χ1) is 13.2. The molecule has 0 spiro atoms. The van der Waals surface area contributed by atoms with Gasteiger partial charge in [0.1, 0.15) is 23.9 Å². The largest absolute Gasteiger partial charge is 0.459 e. The maximum atomic E-state index is 12.3. The van der Waals surface area contributed by atoms with E-state index in [0.29, 0.717) is 22.2 Å². The summed E-state index contributed by atoms with van der Waals surface area (Å²) in [4.78, 5) is 32.2. The second-order valence-electron chi connectivity index (χ2n) is 7.29. The summed E-state index contributed by atoms with van der Waals surface area (Å²) in [6.07, 6.45) is 3.10. The number of carbonyl (C=O) groups is 2. The Kier molecular flexibility index (Phi) is 4.92. The minimum Gasteiger partial charge on any atom is -0.459 e. The van der Waals surface area contributed by atoms with Gasteiger partial charge in [0.25, 0.3) is 0 Å². The van der Waals surface area contributed by atoms with E-state index < -0.39 is 11.6 Å². The summed E-state index contributed by atoms with van der Waals surface area (Å²) in [7, 11) is 0. The summed E-state index contributed by atoms with van der Waals surface area (Å²) in [6, 6.07) is 7.28. The van der Waals surface area contributed by atoms with Gasteiger partial charge in [-0.1, -0.05) is 6.07 Å². The van der Waals surface area contributed by atoms with Crippen LogP contribution in [0.25, 0.3) is 22.0 Å². The Balaban J connectivity index is 2.05. The SMILES string of the molecule is CC(=O)c1nn(CC(=O)OC(C)(C)C)c2cc(-c3cnc(C#N)nc3)ccc12. The average molecular weight is 377 g/mol. The third-order valence-electron chi connectivity index (χ3n) is 3.87. The van der Waals surface area contributed by atoms with Gasteiger partial charge in [0, 0.05) is 30.3 Å². The van der Waals surface area contributed by atoms with Crippen LogP contribution in [0, 0.1) is 11.3 Å². The topological polar surface area (TPSA) is 111 Å². The van der Waals surface area contributed by atoms with Crippen molar-refractivity contribution in [2.24, 2.45) is 0 Å². The van der Waals surface area contributed by atoms with Crippen LogP contribution in [-0.2, 0) is 16.1 Å². The molecule has 8 nitrogen and oxygen atoms in total. The molecule has 0 aliphatic rings. The van der Waals surface area contributed by atoms with Gasteiger partial charge in [-0.05, 0) is 38.5 Å². The molecule has 0 bridgehead atoms. The van der Waals surface area contributed by atoms with Crippen LogP contribution in [0.5, 0.6) is 0 Å². The number of ketones is 1. The predicted octanol–water partition coefficient (Wildman–Crippen LogP) is 2.91. The van der Waals surface area contributed by atoms with Crippen LogP contribution in [0.1, 0.15) is 44.0 Å². The molecule has 3 rings (SSSR count). The second kappa shape index (κ2) is 7.19. The van der Waals surface area contributed by atoms with Crippen LogP contribution in [0.15, 0.2) is 30.6 Å². The van der Waals surface area contributed by atoms with E-state index in [1.807, 2.05) is 18.2 Å². The van der Waals surface area contributed by atoms with Crippen molar-refractivity contribution in [3.8, 4) is 17.2 Å². The van der Waals surface area contributed by atoms with E-state index in [-0.39, 0.29) is 18.2 Å². The fourth-order valence-corrected chi connectivity index (χ4v) is 2.76. The standard InChI is InChI=1S/C20H19N5O3/c1-12(26)19-15-6-5-13(14-9-22-17(8-21)23-10-14)7-16(15)25(24-19)11-18(27)28-20(2,3)4/h5-7,9-10H,11H2,1-4H3. The van der Waals surface area contributed by atoms with Crippen LogP contribution in [-0.4, -0.2) is 37.1 Å². The molecule has 1 aromatic carbocycles. The summed E-state index contributed by atoms with van der Waals surface area (Å²) >= 11 is 0. The molecule has 0 saturated heterocycles. The lowest BCUT2D eigenvalue weighted by Gasteiger charge is -2.19. The highest BCUT2D eigenvalue weighted by atomic mass is 16.6. The van der Waals surface area contributed by atoms with Crippen molar-refractivity contribution in [1.82, 2.24) is 19.7 Å². The predicted molar refractivity (Wildman–Crippen MR) is 101 cm³/mol. The van der Waals surface area contributed by atoms with Gasteiger partial charge in [-0.3, -0.25) is 14.3 Å². The van der Waals surface area contributed by atoms with Crippen molar-refractivity contribution >= 4 is 22.7 Å². The number of hydrogen-bond donors (Lipinski definition) is 0. The van der Waals surface area contributed by atoms with E-state index in [2.05, 4.69) is 15.1 Å². The number of Topliss-reactive ketones (excluding diaryl/α,β-unsaturated/α-hetero) is 1. The summed E-state index contributed by atoms with van der Waals surface area (Å²) in [5, 5.41) is 13.8. The van der Waals surface area contributed by atoms with Crippen molar-refractivity contribution < 1.29 is 14.3 Å². The summed E-state index contributed by atoms with van der Waals surface area (Å²) in [5.74, 6) is -0.555. The molecule has 2 heterocycles. The highest BCUT2D eigenvalue weighted by Crippen LogP contribution is 2.26. The van der Waals surface area contributed by atoms with E-state index in [0.717, 1.165) is 5.56 Å². The van der Waals surface area contributed by atoms with Gasteiger partial charge in [-0.15, -0.1) is 0 Å². The number of aromatic nitrogens is 4. The molecule has 0 fully saturated rings. The molecule has 0 aliphatic heterocycles. The quantitative estimate of drug-likeness (QED) is 0.508. The highest BCUT2D eigenvalue weighted by molar-refractivity contribution is 6.05. The number of hydrogen-bond acceptors (Lipinski definition) is 7. The van der Waals surface area contributed by atoms with Crippen molar-refractivity contribution in [3.63, 3.8) is 0 Å². The van der Waals surface area contributed by atoms with Crippen molar-refractivity contribution in [2.75, 3.05) is 0 Å². The molecule has 2 aromatic heterocycles. The first-order valence-corrected chi connectivity index (χ1v) is 8.64. The van der Waals surface area contributed by atoms with Crippen LogP contribution in [0.2, 0.25) is 0 Å². The zero-order chi connectivity index (χ0) is 20.5. The first-order valence-electron chi connectivity index (χ1n) is 8.64. The van der Waals surface area contributed by atoms with Crippen molar-refractivity contribution in [1.29, 1.82) is 5.26 Å². The van der Waals surface area contributed by atoms with Gasteiger partial charge >= 0.3 is 5.97 Å². The number of nitrogens with zero attached hydrogens (tertiary/aromatic N) is 5. The summed E-state index contributed by atoms with van der Waals surface area (Å²) in [5.41, 5.74) is 1.78. The molecule has 8 heteroatoms. The third kappa shape index (κ3) is 4.04. The zero-order valence-corrected chi connectivity index (χ0v) is 16.1. The number of ether oxygens (including phenoxy) is 1. The Labute approximate surface area is 161 Å². The molecule has 0 amide bonds. The molecule has 0 aliphatic carbocycles. The minimum absolute atomic E-state index is 0.0821. The van der Waals surface area contributed by atoms with Gasteiger partial charge < -0.3 is 4.74 Å². The highest BCUT2D eigenvalue weighted by Gasteiger charge is 2.20. The first kappa shape index (κ1) is 19.2. The van der Waals surface area contributed by atoms with Crippen LogP contribution in [0.3, 0.4) is 0 Å². The lowest BCUT2D eigenvalue weighted by molar-refractivity contribution is -0.155. The Bertz CT molecular complexity index is 1100. The molecule has 0 radical (unpaired) electrons. The third-order valence-corrected chi connectivity index (χ3v) is 3.87. The Hall–Kier alpha value is -3.60. The maximum Gasteiger partial charge on any atom is 0.328 e. The number of nitriles is 1. The fraction of sp³-hybridized carbons (Fsp3) is 0.300. The number of benzene rings is 1. The van der Waals surface area contributed by atoms with E-state index in [1.165, 1.54) is 11.6 Å². The smallest absolute Gasteiger partial charge is 0.328 e. The van der Waals surface area contributed by atoms with Crippen molar-refractivity contribution in [3.05, 3.63) is 42.1 Å². The minimum atomic E-state index is -0.617. The number of rotatable bonds is 4. The number of carbonyl (C=O) groups excluding carboxylic acids is 2. The normalized spacial score (nSPS) is 11.2. The average Bonchev–Trinajstić information content (AvgIpc) is 2.98. The fourth-order valence-electron chi connectivity index (χ4n) is 2.76.